The summed E-state index contributed by atoms with van der Waals surface area (Å²) in [5.41, 5.74) is 0. The molecule has 0 aliphatic heterocycles. The van der Waals surface area contributed by atoms with E-state index in [-0.39, 0.29) is 6.61 Å². The van der Waals surface area contributed by atoms with Crippen LogP contribution in [0, 0.1) is 0 Å². The first-order chi connectivity index (χ1) is 4.93. The molecule has 0 radical (unpaired) electrons. The van der Waals surface area contributed by atoms with E-state index in [9.17, 15) is 0 Å². The maximum absolute atomic E-state index is 8.48. The van der Waals surface area contributed by atoms with Gasteiger partial charge in [-0.05, 0) is 11.4 Å². The van der Waals surface area contributed by atoms with Gasteiger partial charge in [0.1, 0.15) is 0 Å². The van der Waals surface area contributed by atoms with Crippen LogP contribution < -0.4 is 0 Å². The van der Waals surface area contributed by atoms with Crippen LogP contribution in [-0.4, -0.2) is 17.5 Å². The molecule has 1 heterocycles. The molecule has 0 bridgehead atoms. The molecule has 3 heteroatoms. The number of aliphatic hydroxyl groups excluding tert-OH is 1. The summed E-state index contributed by atoms with van der Waals surface area (Å²) >= 11 is 3.54. The minimum absolute atomic E-state index is 0.288. The molecule has 0 saturated carbocycles. The number of thioether (sulfide) groups is 1. The highest BCUT2D eigenvalue weighted by molar-refractivity contribution is 7.98. The Labute approximate surface area is 69.1 Å². The van der Waals surface area contributed by atoms with E-state index in [0.29, 0.717) is 0 Å². The summed E-state index contributed by atoms with van der Waals surface area (Å²) in [6.45, 7) is 0.288. The van der Waals surface area contributed by atoms with Crippen LogP contribution in [0.1, 0.15) is 4.88 Å². The van der Waals surface area contributed by atoms with E-state index < -0.39 is 0 Å². The van der Waals surface area contributed by atoms with Crippen molar-refractivity contribution in [2.75, 3.05) is 12.4 Å². The van der Waals surface area contributed by atoms with Gasteiger partial charge in [-0.3, -0.25) is 0 Å². The SMILES string of the molecule is OCCSCc1cccs1. The van der Waals surface area contributed by atoms with Gasteiger partial charge in [0.2, 0.25) is 0 Å². The third-order valence-corrected chi connectivity index (χ3v) is 3.11. The molecule has 0 atom stereocenters. The number of hydrogen-bond donors (Lipinski definition) is 1. The summed E-state index contributed by atoms with van der Waals surface area (Å²) in [5, 5.41) is 10.6. The van der Waals surface area contributed by atoms with Gasteiger partial charge in [0, 0.05) is 16.4 Å². The molecule has 56 valence electrons. The van der Waals surface area contributed by atoms with Crippen LogP contribution >= 0.6 is 23.1 Å². The van der Waals surface area contributed by atoms with Crippen molar-refractivity contribution in [1.82, 2.24) is 0 Å². The average Bonchev–Trinajstić information content (AvgIpc) is 2.41. The van der Waals surface area contributed by atoms with Crippen molar-refractivity contribution in [1.29, 1.82) is 0 Å². The van der Waals surface area contributed by atoms with Crippen LogP contribution in [0.3, 0.4) is 0 Å². The first-order valence-electron chi connectivity index (χ1n) is 3.14. The van der Waals surface area contributed by atoms with E-state index in [1.165, 1.54) is 4.88 Å². The molecule has 0 amide bonds. The van der Waals surface area contributed by atoms with Crippen LogP contribution in [0.2, 0.25) is 0 Å². The summed E-state index contributed by atoms with van der Waals surface area (Å²) in [7, 11) is 0. The van der Waals surface area contributed by atoms with Crippen LogP contribution in [0.4, 0.5) is 0 Å². The predicted octanol–water partition coefficient (Wildman–Crippen LogP) is 1.97. The van der Waals surface area contributed by atoms with Crippen molar-refractivity contribution < 1.29 is 5.11 Å². The lowest BCUT2D eigenvalue weighted by molar-refractivity contribution is 0.322. The molecule has 1 rings (SSSR count). The molecule has 1 nitrogen and oxygen atoms in total. The van der Waals surface area contributed by atoms with E-state index in [4.69, 9.17) is 5.11 Å². The number of thiophene rings is 1. The third-order valence-electron chi connectivity index (χ3n) is 1.06. The second-order valence-corrected chi connectivity index (χ2v) is 3.99. The zero-order valence-corrected chi connectivity index (χ0v) is 7.25. The number of aliphatic hydroxyl groups is 1. The predicted molar refractivity (Wildman–Crippen MR) is 47.6 cm³/mol. The molecule has 0 aliphatic carbocycles. The van der Waals surface area contributed by atoms with Gasteiger partial charge in [-0.2, -0.15) is 11.8 Å². The second-order valence-electron chi connectivity index (χ2n) is 1.86. The highest BCUT2D eigenvalue weighted by Gasteiger charge is 1.91. The first-order valence-corrected chi connectivity index (χ1v) is 5.18. The van der Waals surface area contributed by atoms with E-state index in [0.717, 1.165) is 11.5 Å². The lowest BCUT2D eigenvalue weighted by Gasteiger charge is -1.93. The minimum atomic E-state index is 0.288. The third kappa shape index (κ3) is 2.73. The molecular weight excluding hydrogens is 164 g/mol. The molecular formula is C7H10OS2. The summed E-state index contributed by atoms with van der Waals surface area (Å²) in [6, 6.07) is 4.18. The Morgan fingerprint density at radius 3 is 3.10 bits per heavy atom. The lowest BCUT2D eigenvalue weighted by Crippen LogP contribution is -1.85. The van der Waals surface area contributed by atoms with Gasteiger partial charge in [-0.25, -0.2) is 0 Å². The molecule has 1 N–H and O–H groups in total. The monoisotopic (exact) mass is 174 g/mol. The summed E-state index contributed by atoms with van der Waals surface area (Å²) < 4.78 is 0. The fourth-order valence-electron chi connectivity index (χ4n) is 0.632. The summed E-state index contributed by atoms with van der Waals surface area (Å²) in [5.74, 6) is 1.89. The molecule has 0 saturated heterocycles. The molecule has 0 aromatic carbocycles. The molecule has 0 aliphatic rings. The van der Waals surface area contributed by atoms with Gasteiger partial charge in [0.15, 0.2) is 0 Å². The second kappa shape index (κ2) is 4.77. The topological polar surface area (TPSA) is 20.2 Å². The Kier molecular flexibility index (Phi) is 3.87. The molecule has 0 fully saturated rings. The van der Waals surface area contributed by atoms with Gasteiger partial charge in [0.25, 0.3) is 0 Å². The molecule has 1 aromatic rings. The Balaban J connectivity index is 2.15. The summed E-state index contributed by atoms with van der Waals surface area (Å²) in [6.07, 6.45) is 0. The highest BCUT2D eigenvalue weighted by atomic mass is 32.2. The van der Waals surface area contributed by atoms with Crippen molar-refractivity contribution in [3.8, 4) is 0 Å². The van der Waals surface area contributed by atoms with Crippen molar-refractivity contribution in [2.24, 2.45) is 0 Å². The summed E-state index contributed by atoms with van der Waals surface area (Å²) in [4.78, 5) is 1.39. The van der Waals surface area contributed by atoms with Crippen LogP contribution in [0.5, 0.6) is 0 Å². The van der Waals surface area contributed by atoms with Crippen LogP contribution in [-0.2, 0) is 5.75 Å². The smallest absolute Gasteiger partial charge is 0.0521 e. The van der Waals surface area contributed by atoms with Gasteiger partial charge >= 0.3 is 0 Å². The number of rotatable bonds is 4. The standard InChI is InChI=1S/C7H10OS2/c8-3-5-9-6-7-2-1-4-10-7/h1-2,4,8H,3,5-6H2. The van der Waals surface area contributed by atoms with E-state index in [2.05, 4.69) is 17.5 Å². The lowest BCUT2D eigenvalue weighted by atomic mass is 10.5. The fraction of sp³-hybridized carbons (Fsp3) is 0.429. The quantitative estimate of drug-likeness (QED) is 0.704. The van der Waals surface area contributed by atoms with E-state index in [1.807, 2.05) is 0 Å². The highest BCUT2D eigenvalue weighted by Crippen LogP contribution is 2.16. The zero-order valence-electron chi connectivity index (χ0n) is 5.62. The maximum Gasteiger partial charge on any atom is 0.0521 e. The Bertz CT molecular complexity index is 160. The molecule has 0 unspecified atom stereocenters. The zero-order chi connectivity index (χ0) is 7.23. The maximum atomic E-state index is 8.48. The first kappa shape index (κ1) is 8.11. The fourth-order valence-corrected chi connectivity index (χ4v) is 2.21. The van der Waals surface area contributed by atoms with Gasteiger partial charge in [0.05, 0.1) is 6.61 Å². The Hall–Kier alpha value is 0.01000. The van der Waals surface area contributed by atoms with Gasteiger partial charge < -0.3 is 5.11 Å². The van der Waals surface area contributed by atoms with Crippen molar-refractivity contribution in [3.05, 3.63) is 22.4 Å². The largest absolute Gasteiger partial charge is 0.396 e. The molecule has 0 spiro atoms. The average molecular weight is 174 g/mol. The molecule has 1 aromatic heterocycles. The normalized spacial score (nSPS) is 10.1. The Morgan fingerprint density at radius 1 is 1.60 bits per heavy atom. The Morgan fingerprint density at radius 2 is 2.50 bits per heavy atom. The van der Waals surface area contributed by atoms with Gasteiger partial charge in [-0.1, -0.05) is 6.07 Å². The van der Waals surface area contributed by atoms with Crippen LogP contribution in [0.15, 0.2) is 17.5 Å². The van der Waals surface area contributed by atoms with Gasteiger partial charge in [-0.15, -0.1) is 11.3 Å². The van der Waals surface area contributed by atoms with Crippen LogP contribution in [0.25, 0.3) is 0 Å². The number of hydrogen-bond acceptors (Lipinski definition) is 3. The van der Waals surface area contributed by atoms with E-state index >= 15 is 0 Å². The minimum Gasteiger partial charge on any atom is -0.396 e. The van der Waals surface area contributed by atoms with E-state index in [1.54, 1.807) is 23.1 Å². The molecule has 10 heavy (non-hydrogen) atoms. The van der Waals surface area contributed by atoms with Crippen molar-refractivity contribution in [3.63, 3.8) is 0 Å². The van der Waals surface area contributed by atoms with Crippen molar-refractivity contribution >= 4 is 23.1 Å². The van der Waals surface area contributed by atoms with Crippen molar-refractivity contribution in [2.45, 2.75) is 5.75 Å².